The van der Waals surface area contributed by atoms with Gasteiger partial charge in [0.25, 0.3) is 0 Å². The van der Waals surface area contributed by atoms with Crippen LogP contribution in [0.4, 0.5) is 0 Å². The molecule has 0 radical (unpaired) electrons. The Labute approximate surface area is 197 Å². The van der Waals surface area contributed by atoms with Crippen molar-refractivity contribution in [3.05, 3.63) is 14.9 Å². The van der Waals surface area contributed by atoms with Crippen molar-refractivity contribution >= 4 is 7.92 Å². The van der Waals surface area contributed by atoms with Gasteiger partial charge in [-0.2, -0.15) is 0 Å². The Morgan fingerprint density at radius 1 is 0.552 bits per heavy atom. The monoisotopic (exact) mass is 464 g/mol. The zero-order valence-electron chi connectivity index (χ0n) is 20.4. The third kappa shape index (κ3) is 9.14. The van der Waals surface area contributed by atoms with Crippen LogP contribution in [0.3, 0.4) is 0 Å². The molecule has 0 amide bonds. The van der Waals surface area contributed by atoms with E-state index in [0.717, 1.165) is 28.8 Å². The van der Waals surface area contributed by atoms with Gasteiger partial charge in [0.2, 0.25) is 0 Å². The maximum Gasteiger partial charge on any atom is 2.00 e. The smallest absolute Gasteiger partial charge is 0.358 e. The van der Waals surface area contributed by atoms with Crippen LogP contribution in [-0.4, -0.2) is 17.0 Å². The van der Waals surface area contributed by atoms with Gasteiger partial charge in [-0.15, -0.1) is 0 Å². The molecule has 0 aliphatic heterocycles. The summed E-state index contributed by atoms with van der Waals surface area (Å²) in [6, 6.07) is 0. The number of hydrogen-bond donors (Lipinski definition) is 0. The Kier molecular flexibility index (Phi) is 17.1. The van der Waals surface area contributed by atoms with Crippen molar-refractivity contribution in [2.75, 3.05) is 0 Å². The fourth-order valence-electron chi connectivity index (χ4n) is 6.72. The second-order valence-corrected chi connectivity index (χ2v) is 13.3. The van der Waals surface area contributed by atoms with Gasteiger partial charge >= 0.3 is 17.1 Å². The quantitative estimate of drug-likeness (QED) is 0.221. The van der Waals surface area contributed by atoms with E-state index in [0.29, 0.717) is 7.92 Å². The van der Waals surface area contributed by atoms with Gasteiger partial charge in [0, 0.05) is 0 Å². The molecule has 2 heteroatoms. The van der Waals surface area contributed by atoms with E-state index < -0.39 is 0 Å². The first-order chi connectivity index (χ1) is 12.8. The maximum absolute atomic E-state index is 2.70. The van der Waals surface area contributed by atoms with E-state index in [1.807, 2.05) is 0 Å². The van der Waals surface area contributed by atoms with E-state index in [4.69, 9.17) is 0 Å². The second kappa shape index (κ2) is 16.6. The predicted molar refractivity (Wildman–Crippen MR) is 133 cm³/mol. The summed E-state index contributed by atoms with van der Waals surface area (Å²) in [4.78, 5) is 0. The minimum absolute atomic E-state index is 0. The second-order valence-electron chi connectivity index (χ2n) is 10.1. The van der Waals surface area contributed by atoms with Gasteiger partial charge in [0.05, 0.1) is 0 Å². The molecule has 2 unspecified atom stereocenters. The molecular weight excluding hydrogens is 411 g/mol. The molecule has 0 bridgehead atoms. The van der Waals surface area contributed by atoms with Crippen LogP contribution >= 0.6 is 7.92 Å². The van der Waals surface area contributed by atoms with Crippen molar-refractivity contribution in [3.8, 4) is 0 Å². The fraction of sp³-hybridized carbons (Fsp3) is 0.926. The molecule has 0 aromatic rings. The van der Waals surface area contributed by atoms with E-state index in [1.165, 1.54) is 57.8 Å². The summed E-state index contributed by atoms with van der Waals surface area (Å²) in [6.07, 6.45) is 27.7. The molecule has 4 aliphatic rings. The van der Waals surface area contributed by atoms with Crippen molar-refractivity contribution in [1.29, 1.82) is 0 Å². The van der Waals surface area contributed by atoms with Crippen molar-refractivity contribution in [2.24, 2.45) is 11.8 Å². The Morgan fingerprint density at radius 2 is 0.931 bits per heavy atom. The third-order valence-corrected chi connectivity index (χ3v) is 12.3. The average molecular weight is 465 g/mol. The number of rotatable bonds is 4. The summed E-state index contributed by atoms with van der Waals surface area (Å²) in [5.41, 5.74) is 3.38. The van der Waals surface area contributed by atoms with E-state index in [9.17, 15) is 0 Å². The Morgan fingerprint density at radius 3 is 1.28 bits per heavy atom. The van der Waals surface area contributed by atoms with Crippen molar-refractivity contribution in [3.63, 3.8) is 0 Å². The minimum atomic E-state index is 0. The summed E-state index contributed by atoms with van der Waals surface area (Å²) in [5, 5.41) is 0. The van der Waals surface area contributed by atoms with Gasteiger partial charge < -0.3 is 14.9 Å². The summed E-state index contributed by atoms with van der Waals surface area (Å²) in [5.74, 6) is 2.11. The fourth-order valence-corrected chi connectivity index (χ4v) is 11.5. The molecule has 4 saturated carbocycles. The van der Waals surface area contributed by atoms with Crippen LogP contribution in [0.2, 0.25) is 0 Å². The molecule has 3 atom stereocenters. The van der Waals surface area contributed by atoms with Crippen LogP contribution in [0.5, 0.6) is 0 Å². The Balaban J connectivity index is 0.000000863. The van der Waals surface area contributed by atoms with E-state index in [-0.39, 0.29) is 31.9 Å². The van der Waals surface area contributed by atoms with Crippen LogP contribution < -0.4 is 0 Å². The Bertz CT molecular complexity index is 343. The van der Waals surface area contributed by atoms with Crippen LogP contribution in [0.25, 0.3) is 0 Å². The normalized spacial score (nSPS) is 29.1. The first kappa shape index (κ1) is 29.9. The molecular formula is C27H53FeP. The summed E-state index contributed by atoms with van der Waals surface area (Å²) in [6.45, 7) is 5.25. The summed E-state index contributed by atoms with van der Waals surface area (Å²) >= 11 is 0. The summed E-state index contributed by atoms with van der Waals surface area (Å²) in [7, 11) is 0.304. The van der Waals surface area contributed by atoms with Crippen LogP contribution in [0.15, 0.2) is 0 Å². The van der Waals surface area contributed by atoms with Crippen LogP contribution in [0.1, 0.15) is 129 Å². The zero-order valence-corrected chi connectivity index (χ0v) is 22.4. The molecule has 0 aromatic carbocycles. The third-order valence-electron chi connectivity index (χ3n) is 8.26. The van der Waals surface area contributed by atoms with Gasteiger partial charge in [-0.05, 0) is 60.9 Å². The van der Waals surface area contributed by atoms with Crippen molar-refractivity contribution < 1.29 is 17.1 Å². The zero-order chi connectivity index (χ0) is 18.2. The minimum Gasteiger partial charge on any atom is -0.358 e. The van der Waals surface area contributed by atoms with Gasteiger partial charge in [0.15, 0.2) is 0 Å². The SMILES string of the molecule is C1CCCC1.CC1CCCC1[C@H](C)P(C1CCCCC1)C1CCCCC1.[CH3-].[CH3-].[Fe+2]. The molecule has 0 aromatic heterocycles. The molecule has 4 fully saturated rings. The largest absolute Gasteiger partial charge is 2.00 e. The molecule has 4 rings (SSSR count). The first-order valence-electron chi connectivity index (χ1n) is 12.5. The van der Waals surface area contributed by atoms with E-state index >= 15 is 0 Å². The molecule has 29 heavy (non-hydrogen) atoms. The summed E-state index contributed by atoms with van der Waals surface area (Å²) < 4.78 is 0. The topological polar surface area (TPSA) is 0 Å². The standard InChI is InChI=1S/C20H37P.C5H10.2CH3.Fe/c1-16-10-9-15-20(16)17(2)21(18-11-5-3-6-12-18)19-13-7-4-8-14-19;1-2-4-5-3-1;;;/h16-20H,3-15H2,1-2H3;1-5H2;2*1H3;/q;;2*-1;+2/t16?,17-,20?;;;;/m0..../s1. The van der Waals surface area contributed by atoms with Crippen molar-refractivity contribution in [2.45, 2.75) is 146 Å². The molecule has 0 saturated heterocycles. The molecule has 4 aliphatic carbocycles. The molecule has 0 heterocycles. The number of hydrogen-bond acceptors (Lipinski definition) is 0. The first-order valence-corrected chi connectivity index (χ1v) is 14.1. The van der Waals surface area contributed by atoms with Gasteiger partial charge in [-0.1, -0.05) is 105 Å². The van der Waals surface area contributed by atoms with Crippen molar-refractivity contribution in [1.82, 2.24) is 0 Å². The van der Waals surface area contributed by atoms with Crippen LogP contribution in [-0.2, 0) is 17.1 Å². The van der Waals surface area contributed by atoms with Crippen LogP contribution in [0, 0.1) is 26.7 Å². The van der Waals surface area contributed by atoms with Gasteiger partial charge in [-0.25, -0.2) is 0 Å². The predicted octanol–water partition coefficient (Wildman–Crippen LogP) is 9.81. The molecule has 0 nitrogen and oxygen atoms in total. The van der Waals surface area contributed by atoms with E-state index in [2.05, 4.69) is 13.8 Å². The molecule has 0 N–H and O–H groups in total. The Hall–Kier alpha value is 0.949. The average Bonchev–Trinajstić information content (AvgIpc) is 3.38. The molecule has 0 spiro atoms. The van der Waals surface area contributed by atoms with Gasteiger partial charge in [-0.3, -0.25) is 0 Å². The van der Waals surface area contributed by atoms with E-state index in [1.54, 1.807) is 57.8 Å². The van der Waals surface area contributed by atoms with Gasteiger partial charge in [0.1, 0.15) is 0 Å². The maximum atomic E-state index is 2.70. The molecule has 174 valence electrons.